The Labute approximate surface area is 87.9 Å². The Morgan fingerprint density at radius 2 is 2.21 bits per heavy atom. The molecule has 0 aromatic carbocycles. The molecule has 1 aliphatic heterocycles. The molecule has 1 aliphatic rings. The first-order chi connectivity index (χ1) is 6.90. The van der Waals surface area contributed by atoms with Gasteiger partial charge in [-0.25, -0.2) is 0 Å². The van der Waals surface area contributed by atoms with Crippen molar-refractivity contribution in [2.75, 3.05) is 18.8 Å². The Morgan fingerprint density at radius 3 is 2.93 bits per heavy atom. The van der Waals surface area contributed by atoms with Gasteiger partial charge in [0.2, 0.25) is 5.89 Å². The normalized spacial score (nSPS) is 18.6. The minimum absolute atomic E-state index is 0.499. The summed E-state index contributed by atoms with van der Waals surface area (Å²) in [7, 11) is 0. The predicted octanol–water partition coefficient (Wildman–Crippen LogP) is 0.622. The lowest BCUT2D eigenvalue weighted by Gasteiger charge is -2.16. The first-order valence-electron chi connectivity index (χ1n) is 5.18. The van der Waals surface area contributed by atoms with Gasteiger partial charge >= 0.3 is 0 Å². The summed E-state index contributed by atoms with van der Waals surface area (Å²) in [5, 5.41) is 11.2. The van der Waals surface area contributed by atoms with E-state index >= 15 is 0 Å². The maximum atomic E-state index is 5.59. The molecule has 2 heterocycles. The van der Waals surface area contributed by atoms with Crippen molar-refractivity contribution in [1.82, 2.24) is 10.2 Å². The number of hydrogen-bond donors (Lipinski definition) is 1. The number of nitrogens with zero attached hydrogens (tertiary/aromatic N) is 2. The minimum Gasteiger partial charge on any atom is -0.416 e. The number of hydrogen-bond acceptors (Lipinski definition) is 4. The molecule has 0 aliphatic carbocycles. The molecule has 0 bridgehead atoms. The van der Waals surface area contributed by atoms with Crippen molar-refractivity contribution in [2.45, 2.75) is 30.9 Å². The van der Waals surface area contributed by atoms with Gasteiger partial charge in [0.25, 0.3) is 5.22 Å². The van der Waals surface area contributed by atoms with Gasteiger partial charge in [0.15, 0.2) is 0 Å². The van der Waals surface area contributed by atoms with Crippen LogP contribution in [0.25, 0.3) is 0 Å². The van der Waals surface area contributed by atoms with Gasteiger partial charge < -0.3 is 9.73 Å². The first-order valence-corrected chi connectivity index (χ1v) is 6.16. The predicted molar refractivity (Wildman–Crippen MR) is 54.3 cm³/mol. The van der Waals surface area contributed by atoms with E-state index in [1.165, 1.54) is 25.9 Å². The van der Waals surface area contributed by atoms with E-state index in [1.54, 1.807) is 11.8 Å². The van der Waals surface area contributed by atoms with E-state index in [0.29, 0.717) is 5.92 Å². The highest BCUT2D eigenvalue weighted by Gasteiger charge is 2.22. The summed E-state index contributed by atoms with van der Waals surface area (Å²) in [6.45, 7) is 4.46. The molecule has 5 heteroatoms. The van der Waals surface area contributed by atoms with Crippen LogP contribution in [0.5, 0.6) is 0 Å². The molecule has 14 heavy (non-hydrogen) atoms. The van der Waals surface area contributed by atoms with E-state index in [0.717, 1.165) is 16.9 Å². The van der Waals surface area contributed by atoms with Gasteiger partial charge in [0, 0.05) is 18.8 Å². The molecule has 4 nitrogen and oxygen atoms in total. The van der Waals surface area contributed by atoms with E-state index in [4.69, 9.17) is 4.42 Å². The molecule has 1 aromatic rings. The molecule has 1 saturated heterocycles. The number of piperidine rings is 1. The molecule has 0 radical (unpaired) electrons. The van der Waals surface area contributed by atoms with Crippen LogP contribution in [0.15, 0.2) is 9.64 Å². The molecule has 0 saturated carbocycles. The van der Waals surface area contributed by atoms with Crippen LogP contribution >= 0.6 is 11.8 Å². The number of rotatable bonds is 3. The van der Waals surface area contributed by atoms with E-state index in [-0.39, 0.29) is 0 Å². The quantitative estimate of drug-likeness (QED) is 0.750. The molecular formula is C9H16N3OS+. The van der Waals surface area contributed by atoms with E-state index in [1.807, 2.05) is 0 Å². The summed E-state index contributed by atoms with van der Waals surface area (Å²) in [5.74, 6) is 2.33. The molecule has 78 valence electrons. The fourth-order valence-corrected chi connectivity index (χ4v) is 2.23. The summed E-state index contributed by atoms with van der Waals surface area (Å²) < 4.78 is 5.59. The molecule has 1 fully saturated rings. The topological polar surface area (TPSA) is 55.5 Å². The van der Waals surface area contributed by atoms with Gasteiger partial charge in [-0.15, -0.1) is 10.2 Å². The average molecular weight is 214 g/mol. The van der Waals surface area contributed by atoms with Gasteiger partial charge in [-0.1, -0.05) is 18.7 Å². The molecule has 0 atom stereocenters. The number of nitrogens with two attached hydrogens (primary N) is 1. The maximum Gasteiger partial charge on any atom is 0.276 e. The SMILES string of the molecule is CCSc1nnc(C2CC[NH2+]CC2)o1. The Bertz CT molecular complexity index is 283. The monoisotopic (exact) mass is 214 g/mol. The molecule has 1 aromatic heterocycles. The van der Waals surface area contributed by atoms with Crippen LogP contribution in [0.2, 0.25) is 0 Å². The lowest BCUT2D eigenvalue weighted by Crippen LogP contribution is -2.86. The van der Waals surface area contributed by atoms with Gasteiger partial charge in [-0.05, 0) is 5.75 Å². The van der Waals surface area contributed by atoms with Crippen molar-refractivity contribution in [3.63, 3.8) is 0 Å². The third kappa shape index (κ3) is 2.27. The molecular weight excluding hydrogens is 198 g/mol. The fraction of sp³-hybridized carbons (Fsp3) is 0.778. The van der Waals surface area contributed by atoms with Crippen LogP contribution in [0.3, 0.4) is 0 Å². The lowest BCUT2D eigenvalue weighted by molar-refractivity contribution is -0.663. The highest BCUT2D eigenvalue weighted by molar-refractivity contribution is 7.99. The summed E-state index contributed by atoms with van der Waals surface area (Å²) in [6.07, 6.45) is 2.33. The van der Waals surface area contributed by atoms with E-state index in [9.17, 15) is 0 Å². The van der Waals surface area contributed by atoms with Crippen molar-refractivity contribution in [2.24, 2.45) is 0 Å². The zero-order chi connectivity index (χ0) is 9.80. The Morgan fingerprint density at radius 1 is 1.43 bits per heavy atom. The lowest BCUT2D eigenvalue weighted by atomic mass is 9.98. The fourth-order valence-electron chi connectivity index (χ4n) is 1.74. The average Bonchev–Trinajstić information content (AvgIpc) is 2.68. The number of aromatic nitrogens is 2. The molecule has 0 unspecified atom stereocenters. The number of quaternary nitrogens is 1. The summed E-state index contributed by atoms with van der Waals surface area (Å²) >= 11 is 1.61. The number of thioether (sulfide) groups is 1. The van der Waals surface area contributed by atoms with Gasteiger partial charge in [-0.2, -0.15) is 0 Å². The zero-order valence-electron chi connectivity index (χ0n) is 8.40. The van der Waals surface area contributed by atoms with E-state index < -0.39 is 0 Å². The highest BCUT2D eigenvalue weighted by atomic mass is 32.2. The van der Waals surface area contributed by atoms with Gasteiger partial charge in [-0.3, -0.25) is 0 Å². The smallest absolute Gasteiger partial charge is 0.276 e. The van der Waals surface area contributed by atoms with Crippen LogP contribution in [0.1, 0.15) is 31.6 Å². The third-order valence-electron chi connectivity index (χ3n) is 2.48. The van der Waals surface area contributed by atoms with E-state index in [2.05, 4.69) is 22.4 Å². The Hall–Kier alpha value is -0.550. The van der Waals surface area contributed by atoms with Crippen LogP contribution < -0.4 is 5.32 Å². The Balaban J connectivity index is 2.00. The second-order valence-corrected chi connectivity index (χ2v) is 4.69. The molecule has 0 amide bonds. The third-order valence-corrected chi connectivity index (χ3v) is 3.18. The van der Waals surface area contributed by atoms with Gasteiger partial charge in [0.1, 0.15) is 0 Å². The summed E-state index contributed by atoms with van der Waals surface area (Å²) in [6, 6.07) is 0. The molecule has 2 rings (SSSR count). The van der Waals surface area contributed by atoms with Crippen molar-refractivity contribution < 1.29 is 9.73 Å². The van der Waals surface area contributed by atoms with Crippen molar-refractivity contribution in [3.8, 4) is 0 Å². The standard InChI is InChI=1S/C9H15N3OS/c1-2-14-9-12-11-8(13-9)7-3-5-10-6-4-7/h7,10H,2-6H2,1H3/p+1. The Kier molecular flexibility index (Phi) is 3.42. The molecule has 0 spiro atoms. The van der Waals surface area contributed by atoms with Crippen LogP contribution in [-0.2, 0) is 0 Å². The molecule has 2 N–H and O–H groups in total. The van der Waals surface area contributed by atoms with Gasteiger partial charge in [0.05, 0.1) is 13.1 Å². The minimum atomic E-state index is 0.499. The summed E-state index contributed by atoms with van der Waals surface area (Å²) in [4.78, 5) is 0. The highest BCUT2D eigenvalue weighted by Crippen LogP contribution is 2.25. The van der Waals surface area contributed by atoms with Crippen molar-refractivity contribution >= 4 is 11.8 Å². The first kappa shape index (κ1) is 9.98. The second kappa shape index (κ2) is 4.79. The zero-order valence-corrected chi connectivity index (χ0v) is 9.22. The van der Waals surface area contributed by atoms with Crippen molar-refractivity contribution in [1.29, 1.82) is 0 Å². The van der Waals surface area contributed by atoms with Crippen LogP contribution in [-0.4, -0.2) is 29.0 Å². The van der Waals surface area contributed by atoms with Crippen LogP contribution in [0.4, 0.5) is 0 Å². The second-order valence-electron chi connectivity index (χ2n) is 3.48. The van der Waals surface area contributed by atoms with Crippen molar-refractivity contribution in [3.05, 3.63) is 5.89 Å². The largest absolute Gasteiger partial charge is 0.416 e. The summed E-state index contributed by atoms with van der Waals surface area (Å²) in [5.41, 5.74) is 0. The van der Waals surface area contributed by atoms with Crippen LogP contribution in [0, 0.1) is 0 Å². The maximum absolute atomic E-state index is 5.59.